The summed E-state index contributed by atoms with van der Waals surface area (Å²) in [6.45, 7) is 0.490. The van der Waals surface area contributed by atoms with Gasteiger partial charge in [-0.25, -0.2) is 4.39 Å². The zero-order chi connectivity index (χ0) is 15.5. The summed E-state index contributed by atoms with van der Waals surface area (Å²) in [5, 5.41) is 0.483. The summed E-state index contributed by atoms with van der Waals surface area (Å²) >= 11 is 6.15. The number of aryl methyl sites for hydroxylation is 2. The van der Waals surface area contributed by atoms with Crippen LogP contribution < -0.4 is 5.73 Å². The molecule has 0 spiro atoms. The van der Waals surface area contributed by atoms with Gasteiger partial charge in [-0.2, -0.15) is 0 Å². The maximum Gasteiger partial charge on any atom is 0.127 e. The Kier molecular flexibility index (Phi) is 4.80. The lowest BCUT2D eigenvalue weighted by atomic mass is 9.85. The molecule has 0 radical (unpaired) electrons. The van der Waals surface area contributed by atoms with Gasteiger partial charge in [0.25, 0.3) is 0 Å². The average molecular weight is 318 g/mol. The predicted molar refractivity (Wildman–Crippen MR) is 90.0 cm³/mol. The van der Waals surface area contributed by atoms with E-state index in [1.165, 1.54) is 42.0 Å². The molecule has 116 valence electrons. The summed E-state index contributed by atoms with van der Waals surface area (Å²) in [6.07, 6.45) is 5.38. The minimum Gasteiger partial charge on any atom is -0.330 e. The zero-order valence-electron chi connectivity index (χ0n) is 12.6. The van der Waals surface area contributed by atoms with Crippen LogP contribution in [-0.2, 0) is 19.3 Å². The van der Waals surface area contributed by atoms with Crippen molar-refractivity contribution in [2.24, 2.45) is 5.73 Å². The lowest BCUT2D eigenvalue weighted by Gasteiger charge is -2.21. The maximum absolute atomic E-state index is 14.0. The Morgan fingerprint density at radius 3 is 2.59 bits per heavy atom. The fourth-order valence-electron chi connectivity index (χ4n) is 3.32. The number of hydrogen-bond donors (Lipinski definition) is 1. The van der Waals surface area contributed by atoms with Gasteiger partial charge in [-0.3, -0.25) is 0 Å². The van der Waals surface area contributed by atoms with E-state index < -0.39 is 0 Å². The Morgan fingerprint density at radius 2 is 1.86 bits per heavy atom. The molecule has 2 aromatic rings. The van der Waals surface area contributed by atoms with E-state index in [0.717, 1.165) is 6.42 Å². The molecular weight excluding hydrogens is 297 g/mol. The van der Waals surface area contributed by atoms with Crippen molar-refractivity contribution < 1.29 is 4.39 Å². The second-order valence-electron chi connectivity index (χ2n) is 6.07. The van der Waals surface area contributed by atoms with Gasteiger partial charge in [-0.1, -0.05) is 35.9 Å². The normalized spacial score (nSPS) is 15.4. The highest BCUT2D eigenvalue weighted by molar-refractivity contribution is 6.31. The van der Waals surface area contributed by atoms with Gasteiger partial charge in [-0.05, 0) is 67.5 Å². The molecule has 1 unspecified atom stereocenters. The SMILES string of the molecule is NCC(Cc1c(F)cccc1Cl)c1ccc2c(c1)CCCC2. The second-order valence-corrected chi connectivity index (χ2v) is 6.48. The van der Waals surface area contributed by atoms with Crippen molar-refractivity contribution in [1.82, 2.24) is 0 Å². The summed E-state index contributed by atoms with van der Waals surface area (Å²) in [5.74, 6) is -0.148. The van der Waals surface area contributed by atoms with Gasteiger partial charge >= 0.3 is 0 Å². The van der Waals surface area contributed by atoms with E-state index in [-0.39, 0.29) is 11.7 Å². The first-order valence-corrected chi connectivity index (χ1v) is 8.31. The topological polar surface area (TPSA) is 26.0 Å². The van der Waals surface area contributed by atoms with Crippen LogP contribution in [0.2, 0.25) is 5.02 Å². The Labute approximate surface area is 136 Å². The molecular formula is C19H21ClFN. The van der Waals surface area contributed by atoms with E-state index in [9.17, 15) is 4.39 Å². The molecule has 0 heterocycles. The monoisotopic (exact) mass is 317 g/mol. The first-order valence-electron chi connectivity index (χ1n) is 7.93. The van der Waals surface area contributed by atoms with Crippen molar-refractivity contribution in [2.75, 3.05) is 6.54 Å². The van der Waals surface area contributed by atoms with Crippen LogP contribution in [-0.4, -0.2) is 6.54 Å². The largest absolute Gasteiger partial charge is 0.330 e. The minimum atomic E-state index is -0.246. The van der Waals surface area contributed by atoms with Gasteiger partial charge < -0.3 is 5.73 Å². The van der Waals surface area contributed by atoms with Crippen LogP contribution in [0, 0.1) is 5.82 Å². The molecule has 0 amide bonds. The third-order valence-electron chi connectivity index (χ3n) is 4.64. The quantitative estimate of drug-likeness (QED) is 0.873. The second kappa shape index (κ2) is 6.80. The van der Waals surface area contributed by atoms with Gasteiger partial charge in [0.05, 0.1) is 0 Å². The summed E-state index contributed by atoms with van der Waals surface area (Å²) in [5.41, 5.74) is 10.6. The van der Waals surface area contributed by atoms with E-state index in [2.05, 4.69) is 18.2 Å². The van der Waals surface area contributed by atoms with E-state index in [4.69, 9.17) is 17.3 Å². The highest BCUT2D eigenvalue weighted by atomic mass is 35.5. The molecule has 0 aliphatic heterocycles. The van der Waals surface area contributed by atoms with Crippen molar-refractivity contribution >= 4 is 11.6 Å². The van der Waals surface area contributed by atoms with Gasteiger partial charge in [0, 0.05) is 16.5 Å². The lowest BCUT2D eigenvalue weighted by Crippen LogP contribution is -2.17. The molecule has 0 saturated heterocycles. The Bertz CT molecular complexity index is 648. The fraction of sp³-hybridized carbons (Fsp3) is 0.368. The van der Waals surface area contributed by atoms with E-state index in [1.54, 1.807) is 12.1 Å². The molecule has 0 saturated carbocycles. The van der Waals surface area contributed by atoms with Crippen LogP contribution in [0.15, 0.2) is 36.4 Å². The molecule has 1 atom stereocenters. The van der Waals surface area contributed by atoms with Crippen LogP contribution in [0.25, 0.3) is 0 Å². The average Bonchev–Trinajstić information content (AvgIpc) is 2.54. The van der Waals surface area contributed by atoms with Crippen molar-refractivity contribution in [3.05, 3.63) is 69.5 Å². The van der Waals surface area contributed by atoms with Gasteiger partial charge in [0.15, 0.2) is 0 Å². The molecule has 1 aliphatic rings. The first-order chi connectivity index (χ1) is 10.7. The van der Waals surface area contributed by atoms with Crippen molar-refractivity contribution in [2.45, 2.75) is 38.0 Å². The van der Waals surface area contributed by atoms with Gasteiger partial charge in [-0.15, -0.1) is 0 Å². The molecule has 0 bridgehead atoms. The first kappa shape index (κ1) is 15.5. The van der Waals surface area contributed by atoms with Crippen molar-refractivity contribution in [3.63, 3.8) is 0 Å². The van der Waals surface area contributed by atoms with Crippen LogP contribution in [0.3, 0.4) is 0 Å². The minimum absolute atomic E-state index is 0.0987. The molecule has 22 heavy (non-hydrogen) atoms. The standard InChI is InChI=1S/C19H21ClFN/c20-18-6-3-7-19(21)17(18)11-16(12-22)15-9-8-13-4-1-2-5-14(13)10-15/h3,6-10,16H,1-2,4-5,11-12,22H2. The smallest absolute Gasteiger partial charge is 0.127 e. The zero-order valence-corrected chi connectivity index (χ0v) is 13.4. The van der Waals surface area contributed by atoms with Crippen LogP contribution in [0.1, 0.15) is 41.0 Å². The van der Waals surface area contributed by atoms with Crippen LogP contribution in [0.5, 0.6) is 0 Å². The van der Waals surface area contributed by atoms with Gasteiger partial charge in [0.2, 0.25) is 0 Å². The Hall–Kier alpha value is -1.38. The molecule has 2 N–H and O–H groups in total. The van der Waals surface area contributed by atoms with Crippen molar-refractivity contribution in [3.8, 4) is 0 Å². The van der Waals surface area contributed by atoms with Gasteiger partial charge in [0.1, 0.15) is 5.82 Å². The number of hydrogen-bond acceptors (Lipinski definition) is 1. The number of nitrogens with two attached hydrogens (primary N) is 1. The molecule has 2 aromatic carbocycles. The van der Waals surface area contributed by atoms with E-state index in [1.807, 2.05) is 0 Å². The maximum atomic E-state index is 14.0. The molecule has 1 nitrogen and oxygen atoms in total. The number of rotatable bonds is 4. The molecule has 1 aliphatic carbocycles. The Balaban J connectivity index is 1.88. The summed E-state index contributed by atoms with van der Waals surface area (Å²) in [4.78, 5) is 0. The molecule has 0 fully saturated rings. The third-order valence-corrected chi connectivity index (χ3v) is 4.99. The number of halogens is 2. The molecule has 0 aromatic heterocycles. The number of fused-ring (bicyclic) bond motifs is 1. The van der Waals surface area contributed by atoms with Crippen LogP contribution >= 0.6 is 11.6 Å². The summed E-state index contributed by atoms with van der Waals surface area (Å²) < 4.78 is 14.0. The Morgan fingerprint density at radius 1 is 1.09 bits per heavy atom. The third kappa shape index (κ3) is 3.18. The van der Waals surface area contributed by atoms with Crippen LogP contribution in [0.4, 0.5) is 4.39 Å². The fourth-order valence-corrected chi connectivity index (χ4v) is 3.56. The number of benzene rings is 2. The highest BCUT2D eigenvalue weighted by Gasteiger charge is 2.18. The predicted octanol–water partition coefficient (Wildman–Crippen LogP) is 4.64. The van der Waals surface area contributed by atoms with Crippen molar-refractivity contribution in [1.29, 1.82) is 0 Å². The van der Waals surface area contributed by atoms with E-state index in [0.29, 0.717) is 23.6 Å². The molecule has 3 heteroatoms. The lowest BCUT2D eigenvalue weighted by molar-refractivity contribution is 0.590. The molecule has 3 rings (SSSR count). The van der Waals surface area contributed by atoms with E-state index >= 15 is 0 Å². The highest BCUT2D eigenvalue weighted by Crippen LogP contribution is 2.29. The summed E-state index contributed by atoms with van der Waals surface area (Å²) in [6, 6.07) is 11.5. The summed E-state index contributed by atoms with van der Waals surface area (Å²) in [7, 11) is 0.